The third-order valence-electron chi connectivity index (χ3n) is 2.29. The molecule has 0 bridgehead atoms. The molecule has 0 fully saturated rings. The van der Waals surface area contributed by atoms with Crippen molar-refractivity contribution in [2.24, 2.45) is 0 Å². The zero-order valence-electron chi connectivity index (χ0n) is 9.55. The van der Waals surface area contributed by atoms with E-state index in [1.165, 1.54) is 0 Å². The first-order valence-electron chi connectivity index (χ1n) is 4.52. The van der Waals surface area contributed by atoms with Crippen LogP contribution in [0.15, 0.2) is 0 Å². The fourth-order valence-electron chi connectivity index (χ4n) is 0.948. The van der Waals surface area contributed by atoms with Crippen LogP contribution in [0.1, 0.15) is 0 Å². The molecule has 2 atom stereocenters. The van der Waals surface area contributed by atoms with Crippen LogP contribution in [-0.4, -0.2) is 37.7 Å². The van der Waals surface area contributed by atoms with Crippen LogP contribution in [0.5, 0.6) is 0 Å². The van der Waals surface area contributed by atoms with Crippen molar-refractivity contribution in [1.82, 2.24) is 0 Å². The summed E-state index contributed by atoms with van der Waals surface area (Å²) in [5, 5.41) is -11.9. The van der Waals surface area contributed by atoms with E-state index >= 15 is 0 Å². The lowest BCUT2D eigenvalue weighted by Crippen LogP contribution is -2.71. The zero-order chi connectivity index (χ0) is 19.5. The minimum absolute atomic E-state index is 0.699. The van der Waals surface area contributed by atoms with Gasteiger partial charge in [0.25, 0.3) is 0 Å². The summed E-state index contributed by atoms with van der Waals surface area (Å²) in [7, 11) is 0. The van der Waals surface area contributed by atoms with Gasteiger partial charge in [0, 0.05) is 0 Å². The molecule has 0 aromatic rings. The summed E-state index contributed by atoms with van der Waals surface area (Å²) in [5.41, 5.74) is 0. The topological polar surface area (TPSA) is 0 Å². The fourth-order valence-corrected chi connectivity index (χ4v) is 1.68. The Labute approximate surface area is 145 Å². The van der Waals surface area contributed by atoms with Gasteiger partial charge in [-0.1, -0.05) is 0 Å². The molecule has 0 aliphatic rings. The molecule has 0 aliphatic carbocycles. The Morgan fingerprint density at radius 2 is 0.609 bits per heavy atom. The van der Waals surface area contributed by atoms with E-state index in [2.05, 4.69) is 23.2 Å². The van der Waals surface area contributed by atoms with Crippen LogP contribution in [0.2, 0.25) is 0 Å². The second-order valence-corrected chi connectivity index (χ2v) is 7.00. The summed E-state index contributed by atoms with van der Waals surface area (Å²) < 4.78 is 143. The highest BCUT2D eigenvalue weighted by atomic mass is 79.9. The van der Waals surface area contributed by atoms with Gasteiger partial charge in [-0.05, 0) is 55.1 Å². The van der Waals surface area contributed by atoms with Crippen molar-refractivity contribution in [3.8, 4) is 0 Å². The molecule has 0 nitrogen and oxygen atoms in total. The molecule has 0 saturated carbocycles. The van der Waals surface area contributed by atoms with Crippen molar-refractivity contribution in [1.29, 1.82) is 0 Å². The van der Waals surface area contributed by atoms with Gasteiger partial charge in [0.1, 0.15) is 0 Å². The second-order valence-electron chi connectivity index (χ2n) is 3.87. The quantitative estimate of drug-likeness (QED) is 0.260. The Morgan fingerprint density at radius 1 is 0.435 bits per heavy atom. The largest absolute Gasteiger partial charge is 0.381 e. The molecule has 0 N–H and O–H groups in total. The van der Waals surface area contributed by atoms with Crippen molar-refractivity contribution in [3.63, 3.8) is 0 Å². The highest BCUT2D eigenvalue weighted by Gasteiger charge is 2.90. The Kier molecular flexibility index (Phi) is 6.04. The van der Waals surface area contributed by atoms with Crippen LogP contribution >= 0.6 is 55.1 Å². The standard InChI is InChI=1S/C7Br2Cl2F12/c8-1(12,6(10,20)21)3(14,15)5(18,19)4(16,17)2(9,13)7(11,22)23. The molecule has 0 aliphatic heterocycles. The summed E-state index contributed by atoms with van der Waals surface area (Å²) in [5.74, 6) is -21.9. The van der Waals surface area contributed by atoms with Gasteiger partial charge in [-0.2, -0.15) is 43.9 Å². The van der Waals surface area contributed by atoms with E-state index in [-0.39, 0.29) is 0 Å². The summed E-state index contributed by atoms with van der Waals surface area (Å²) in [4.78, 5) is 0. The fraction of sp³-hybridized carbons (Fsp3) is 1.00. The monoisotopic (exact) mass is 540 g/mol. The van der Waals surface area contributed by atoms with Crippen LogP contribution in [0.4, 0.5) is 52.7 Å². The Bertz CT molecular complexity index is 411. The number of hydrogen-bond donors (Lipinski definition) is 0. The molecule has 0 amide bonds. The van der Waals surface area contributed by atoms with Crippen molar-refractivity contribution in [3.05, 3.63) is 0 Å². The van der Waals surface area contributed by atoms with Gasteiger partial charge in [-0.25, -0.2) is 8.78 Å². The lowest BCUT2D eigenvalue weighted by molar-refractivity contribution is -0.366. The van der Waals surface area contributed by atoms with Crippen LogP contribution < -0.4 is 0 Å². The SMILES string of the molecule is FC(F)(Cl)C(F)(Br)C(F)(F)C(F)(F)C(F)(F)C(F)(Br)C(F)(F)Cl. The Balaban J connectivity index is 6.37. The molecule has 16 heteroatoms. The van der Waals surface area contributed by atoms with Crippen LogP contribution in [0.25, 0.3) is 0 Å². The van der Waals surface area contributed by atoms with Gasteiger partial charge in [-0.3, -0.25) is 0 Å². The van der Waals surface area contributed by atoms with E-state index < -0.39 is 37.7 Å². The van der Waals surface area contributed by atoms with E-state index in [0.29, 0.717) is 31.9 Å². The van der Waals surface area contributed by atoms with E-state index in [9.17, 15) is 52.7 Å². The molecule has 0 aromatic heterocycles. The maximum Gasteiger partial charge on any atom is 0.381 e. The predicted molar refractivity (Wildman–Crippen MR) is 62.0 cm³/mol. The number of hydrogen-bond acceptors (Lipinski definition) is 0. The smallest absolute Gasteiger partial charge is 0.216 e. The highest BCUT2D eigenvalue weighted by molar-refractivity contribution is 9.10. The molecule has 0 saturated heterocycles. The molecule has 0 aromatic carbocycles. The van der Waals surface area contributed by atoms with Gasteiger partial charge < -0.3 is 0 Å². The number of halogens is 16. The highest BCUT2D eigenvalue weighted by Crippen LogP contribution is 2.65. The van der Waals surface area contributed by atoms with E-state index in [0.717, 1.165) is 0 Å². The molecular weight excluding hydrogens is 543 g/mol. The lowest BCUT2D eigenvalue weighted by atomic mass is 9.96. The van der Waals surface area contributed by atoms with Crippen molar-refractivity contribution in [2.75, 3.05) is 0 Å². The van der Waals surface area contributed by atoms with Crippen molar-refractivity contribution in [2.45, 2.75) is 37.7 Å². The lowest BCUT2D eigenvalue weighted by Gasteiger charge is -2.42. The van der Waals surface area contributed by atoms with Crippen molar-refractivity contribution < 1.29 is 52.7 Å². The molecular formula is C7Br2Cl2F12. The molecule has 0 spiro atoms. The van der Waals surface area contributed by atoms with E-state index in [1.54, 1.807) is 0 Å². The van der Waals surface area contributed by atoms with Gasteiger partial charge >= 0.3 is 37.7 Å². The van der Waals surface area contributed by atoms with Gasteiger partial charge in [0.2, 0.25) is 0 Å². The molecule has 0 radical (unpaired) electrons. The first-order chi connectivity index (χ1) is 9.50. The third kappa shape index (κ3) is 3.25. The second kappa shape index (κ2) is 5.86. The molecule has 140 valence electrons. The van der Waals surface area contributed by atoms with Crippen LogP contribution in [-0.2, 0) is 0 Å². The normalized spacial score (nSPS) is 20.9. The molecule has 23 heavy (non-hydrogen) atoms. The van der Waals surface area contributed by atoms with E-state index in [1.807, 2.05) is 0 Å². The summed E-state index contributed by atoms with van der Waals surface area (Å²) >= 11 is 8.95. The average Bonchev–Trinajstić information content (AvgIpc) is 2.24. The third-order valence-corrected chi connectivity index (χ3v) is 5.26. The number of alkyl halides is 16. The number of rotatable bonds is 6. The Morgan fingerprint density at radius 3 is 0.739 bits per heavy atom. The average molecular weight is 543 g/mol. The van der Waals surface area contributed by atoms with Gasteiger partial charge in [-0.15, -0.1) is 0 Å². The first-order valence-corrected chi connectivity index (χ1v) is 6.87. The van der Waals surface area contributed by atoms with Crippen LogP contribution in [0, 0.1) is 0 Å². The minimum Gasteiger partial charge on any atom is -0.216 e. The maximum absolute atomic E-state index is 13.2. The van der Waals surface area contributed by atoms with Gasteiger partial charge in [0.05, 0.1) is 0 Å². The van der Waals surface area contributed by atoms with Gasteiger partial charge in [0.15, 0.2) is 0 Å². The zero-order valence-corrected chi connectivity index (χ0v) is 14.2. The maximum atomic E-state index is 13.2. The summed E-state index contributed by atoms with van der Waals surface area (Å²) in [6.07, 6.45) is 0. The van der Waals surface area contributed by atoms with E-state index in [4.69, 9.17) is 0 Å². The van der Waals surface area contributed by atoms with Crippen molar-refractivity contribution >= 4 is 55.1 Å². The minimum atomic E-state index is -7.47. The predicted octanol–water partition coefficient (Wildman–Crippen LogP) is 6.68. The summed E-state index contributed by atoms with van der Waals surface area (Å²) in [6, 6.07) is 0. The molecule has 0 heterocycles. The molecule has 2 unspecified atom stereocenters. The Hall–Kier alpha value is 0.700. The van der Waals surface area contributed by atoms with Crippen LogP contribution in [0.3, 0.4) is 0 Å². The molecule has 0 rings (SSSR count). The summed E-state index contributed by atoms with van der Waals surface area (Å²) in [6.45, 7) is 0. The first kappa shape index (κ1) is 23.7.